The van der Waals surface area contributed by atoms with Crippen molar-refractivity contribution < 1.29 is 13.9 Å². The van der Waals surface area contributed by atoms with Crippen LogP contribution in [0.1, 0.15) is 28.5 Å². The van der Waals surface area contributed by atoms with Crippen LogP contribution in [0.15, 0.2) is 41.5 Å². The van der Waals surface area contributed by atoms with Crippen molar-refractivity contribution >= 4 is 16.9 Å². The molecule has 4 heterocycles. The van der Waals surface area contributed by atoms with Gasteiger partial charge in [0.25, 0.3) is 11.5 Å². The Morgan fingerprint density at radius 1 is 1.35 bits per heavy atom. The molecule has 0 aromatic carbocycles. The number of fused-ring (bicyclic) bond motifs is 1. The highest BCUT2D eigenvalue weighted by atomic mass is 19.1. The molecule has 1 fully saturated rings. The standard InChI is InChI=1S/C22H24FN5O3/c1-3-14-8-16-17(27-21(14)29)7-13(9-26-16)10-28-11-15(23)19(12-28)31-18-5-4-6-25-20(18)22(30)24-2/h4-9,15,19H,3,10-12H2,1-2H3,(H,24,30)(H,27,29)/t15-,19-/m0/s1. The average Bonchev–Trinajstić information content (AvgIpc) is 3.11. The van der Waals surface area contributed by atoms with Crippen LogP contribution < -0.4 is 15.6 Å². The first-order valence-corrected chi connectivity index (χ1v) is 10.2. The van der Waals surface area contributed by atoms with Gasteiger partial charge in [-0.3, -0.25) is 19.5 Å². The zero-order valence-corrected chi connectivity index (χ0v) is 17.4. The predicted molar refractivity (Wildman–Crippen MR) is 114 cm³/mol. The molecule has 0 saturated carbocycles. The molecule has 162 valence electrons. The van der Waals surface area contributed by atoms with E-state index in [1.165, 1.54) is 13.2 Å². The zero-order chi connectivity index (χ0) is 22.0. The van der Waals surface area contributed by atoms with E-state index in [-0.39, 0.29) is 29.5 Å². The van der Waals surface area contributed by atoms with Gasteiger partial charge in [-0.2, -0.15) is 0 Å². The molecule has 8 nitrogen and oxygen atoms in total. The molecule has 9 heteroatoms. The van der Waals surface area contributed by atoms with E-state index in [1.807, 2.05) is 17.9 Å². The molecular formula is C22H24FN5O3. The van der Waals surface area contributed by atoms with Crippen LogP contribution in [0.5, 0.6) is 5.75 Å². The van der Waals surface area contributed by atoms with Gasteiger partial charge in [-0.25, -0.2) is 9.37 Å². The highest BCUT2D eigenvalue weighted by Gasteiger charge is 2.35. The number of pyridine rings is 3. The van der Waals surface area contributed by atoms with E-state index in [2.05, 4.69) is 20.3 Å². The van der Waals surface area contributed by atoms with E-state index in [9.17, 15) is 14.0 Å². The maximum atomic E-state index is 14.7. The third kappa shape index (κ3) is 4.41. The summed E-state index contributed by atoms with van der Waals surface area (Å²) in [5, 5.41) is 2.51. The number of aromatic amines is 1. The largest absolute Gasteiger partial charge is 0.484 e. The summed E-state index contributed by atoms with van der Waals surface area (Å²) in [5.74, 6) is -0.128. The van der Waals surface area contributed by atoms with Crippen LogP contribution in [0.2, 0.25) is 0 Å². The summed E-state index contributed by atoms with van der Waals surface area (Å²) in [6.07, 6.45) is 1.95. The number of amides is 1. The normalized spacial score (nSPS) is 18.9. The molecule has 0 radical (unpaired) electrons. The lowest BCUT2D eigenvalue weighted by molar-refractivity contribution is 0.0940. The third-order valence-corrected chi connectivity index (χ3v) is 5.38. The Morgan fingerprint density at radius 3 is 2.97 bits per heavy atom. The van der Waals surface area contributed by atoms with Gasteiger partial charge in [0.2, 0.25) is 0 Å². The summed E-state index contributed by atoms with van der Waals surface area (Å²) in [6.45, 7) is 2.94. The number of halogens is 1. The number of H-pyrrole nitrogens is 1. The number of nitrogens with zero attached hydrogens (tertiary/aromatic N) is 3. The number of rotatable bonds is 6. The number of aromatic nitrogens is 3. The first kappa shape index (κ1) is 20.9. The highest BCUT2D eigenvalue weighted by molar-refractivity contribution is 5.94. The van der Waals surface area contributed by atoms with Crippen LogP contribution in [-0.4, -0.2) is 58.2 Å². The summed E-state index contributed by atoms with van der Waals surface area (Å²) in [5.41, 5.74) is 2.96. The van der Waals surface area contributed by atoms with Gasteiger partial charge in [0.1, 0.15) is 6.10 Å². The Hall–Kier alpha value is -3.33. The van der Waals surface area contributed by atoms with E-state index >= 15 is 0 Å². The molecule has 1 saturated heterocycles. The van der Waals surface area contributed by atoms with Gasteiger partial charge < -0.3 is 15.0 Å². The Labute approximate surface area is 178 Å². The third-order valence-electron chi connectivity index (χ3n) is 5.38. The van der Waals surface area contributed by atoms with Gasteiger partial charge in [0, 0.05) is 44.6 Å². The Kier molecular flexibility index (Phi) is 5.94. The van der Waals surface area contributed by atoms with Gasteiger partial charge in [0.15, 0.2) is 17.6 Å². The molecule has 1 amide bonds. The quantitative estimate of drug-likeness (QED) is 0.625. The first-order valence-electron chi connectivity index (χ1n) is 10.2. The summed E-state index contributed by atoms with van der Waals surface area (Å²) in [4.78, 5) is 37.3. The van der Waals surface area contributed by atoms with Crippen LogP contribution in [0.25, 0.3) is 11.0 Å². The SMILES string of the molecule is CCc1cc2ncc(CN3C[C@H](Oc4cccnc4C(=O)NC)[C@@H](F)C3)cc2[nH]c1=O. The molecule has 0 spiro atoms. The number of nitrogens with one attached hydrogen (secondary N) is 2. The van der Waals surface area contributed by atoms with Crippen LogP contribution >= 0.6 is 0 Å². The van der Waals surface area contributed by atoms with E-state index in [4.69, 9.17) is 4.74 Å². The average molecular weight is 425 g/mol. The number of aryl methyl sites for hydroxylation is 1. The summed E-state index contributed by atoms with van der Waals surface area (Å²) in [6, 6.07) is 6.93. The number of alkyl halides is 1. The van der Waals surface area contributed by atoms with Gasteiger partial charge in [-0.1, -0.05) is 6.92 Å². The maximum absolute atomic E-state index is 14.7. The molecule has 3 aromatic heterocycles. The topological polar surface area (TPSA) is 100 Å². The number of hydrogen-bond donors (Lipinski definition) is 2. The molecule has 2 atom stereocenters. The fourth-order valence-corrected chi connectivity index (χ4v) is 3.76. The summed E-state index contributed by atoms with van der Waals surface area (Å²) < 4.78 is 20.5. The zero-order valence-electron chi connectivity index (χ0n) is 17.4. The minimum atomic E-state index is -1.21. The fourth-order valence-electron chi connectivity index (χ4n) is 3.76. The van der Waals surface area contributed by atoms with Crippen molar-refractivity contribution in [1.82, 2.24) is 25.2 Å². The van der Waals surface area contributed by atoms with Crippen molar-refractivity contribution in [2.45, 2.75) is 32.2 Å². The van der Waals surface area contributed by atoms with Crippen LogP contribution in [0, 0.1) is 0 Å². The van der Waals surface area contributed by atoms with Crippen molar-refractivity contribution in [3.05, 3.63) is 63.8 Å². The van der Waals surface area contributed by atoms with Gasteiger partial charge in [-0.15, -0.1) is 0 Å². The molecular weight excluding hydrogens is 401 g/mol. The first-order chi connectivity index (χ1) is 15.0. The van der Waals surface area contributed by atoms with Crippen molar-refractivity contribution in [1.29, 1.82) is 0 Å². The number of carbonyl (C=O) groups is 1. The van der Waals surface area contributed by atoms with Gasteiger partial charge >= 0.3 is 0 Å². The summed E-state index contributed by atoms with van der Waals surface area (Å²) >= 11 is 0. The Balaban J connectivity index is 1.47. The Bertz CT molecular complexity index is 1170. The molecule has 4 rings (SSSR count). The van der Waals surface area contributed by atoms with Crippen molar-refractivity contribution in [3.63, 3.8) is 0 Å². The monoisotopic (exact) mass is 425 g/mol. The minimum absolute atomic E-state index is 0.115. The molecule has 1 aliphatic heterocycles. The fraction of sp³-hybridized carbons (Fsp3) is 0.364. The molecule has 0 bridgehead atoms. The molecule has 0 unspecified atom stereocenters. The lowest BCUT2D eigenvalue weighted by Crippen LogP contribution is -2.29. The molecule has 1 aliphatic rings. The van der Waals surface area contributed by atoms with E-state index in [0.717, 1.165) is 11.1 Å². The van der Waals surface area contributed by atoms with Crippen LogP contribution in [-0.2, 0) is 13.0 Å². The molecule has 31 heavy (non-hydrogen) atoms. The van der Waals surface area contributed by atoms with E-state index < -0.39 is 12.3 Å². The summed E-state index contributed by atoms with van der Waals surface area (Å²) in [7, 11) is 1.50. The van der Waals surface area contributed by atoms with Crippen LogP contribution in [0.4, 0.5) is 4.39 Å². The second kappa shape index (κ2) is 8.81. The van der Waals surface area contributed by atoms with Crippen molar-refractivity contribution in [2.75, 3.05) is 20.1 Å². The lowest BCUT2D eigenvalue weighted by atomic mass is 10.1. The number of carbonyl (C=O) groups excluding carboxylic acids is 1. The van der Waals surface area contributed by atoms with E-state index in [0.29, 0.717) is 30.6 Å². The smallest absolute Gasteiger partial charge is 0.273 e. The second-order valence-corrected chi connectivity index (χ2v) is 7.55. The minimum Gasteiger partial charge on any atom is -0.484 e. The second-order valence-electron chi connectivity index (χ2n) is 7.55. The van der Waals surface area contributed by atoms with Crippen molar-refractivity contribution in [2.24, 2.45) is 0 Å². The number of ether oxygens (including phenoxy) is 1. The lowest BCUT2D eigenvalue weighted by Gasteiger charge is -2.18. The number of likely N-dealkylation sites (tertiary alicyclic amines) is 1. The predicted octanol–water partition coefficient (Wildman–Crippen LogP) is 1.84. The number of hydrogen-bond acceptors (Lipinski definition) is 6. The molecule has 2 N–H and O–H groups in total. The van der Waals surface area contributed by atoms with Gasteiger partial charge in [0.05, 0.1) is 11.0 Å². The van der Waals surface area contributed by atoms with Gasteiger partial charge in [-0.05, 0) is 36.2 Å². The molecule has 3 aromatic rings. The van der Waals surface area contributed by atoms with Crippen LogP contribution in [0.3, 0.4) is 0 Å². The maximum Gasteiger partial charge on any atom is 0.273 e. The molecule has 0 aliphatic carbocycles. The van der Waals surface area contributed by atoms with Crippen molar-refractivity contribution in [3.8, 4) is 5.75 Å². The Morgan fingerprint density at radius 2 is 2.19 bits per heavy atom. The highest BCUT2D eigenvalue weighted by Crippen LogP contribution is 2.24. The van der Waals surface area contributed by atoms with E-state index in [1.54, 1.807) is 24.4 Å².